The molecule has 0 radical (unpaired) electrons. The second-order valence-electron chi connectivity index (χ2n) is 3.87. The predicted octanol–water partition coefficient (Wildman–Crippen LogP) is 3.22. The van der Waals surface area contributed by atoms with E-state index in [-0.39, 0.29) is 5.56 Å². The summed E-state index contributed by atoms with van der Waals surface area (Å²) < 4.78 is 18.5. The number of ether oxygens (including phenoxy) is 1. The molecule has 0 saturated carbocycles. The minimum atomic E-state index is -1.77. The lowest BCUT2D eigenvalue weighted by Crippen LogP contribution is -2.08. The average Bonchev–Trinajstić information content (AvgIpc) is 2.40. The van der Waals surface area contributed by atoms with Crippen LogP contribution in [0.15, 0.2) is 48.8 Å². The van der Waals surface area contributed by atoms with Gasteiger partial charge in [-0.3, -0.25) is 4.98 Å². The van der Waals surface area contributed by atoms with E-state index in [0.29, 0.717) is 5.56 Å². The molecule has 1 aromatic carbocycles. The minimum Gasteiger partial charge on any atom is -0.423 e. The number of carbonyl (C=O) groups excluding carboxylic acids is 1. The predicted molar refractivity (Wildman–Crippen MR) is 64.7 cm³/mol. The van der Waals surface area contributed by atoms with E-state index in [1.807, 2.05) is 6.92 Å². The molecule has 0 aliphatic carbocycles. The molecule has 18 heavy (non-hydrogen) atoms. The van der Waals surface area contributed by atoms with Crippen molar-refractivity contribution in [3.8, 4) is 0 Å². The molecular weight excluding hydrogens is 233 g/mol. The summed E-state index contributed by atoms with van der Waals surface area (Å²) in [6.07, 6.45) is 1.10. The van der Waals surface area contributed by atoms with Crippen molar-refractivity contribution in [2.75, 3.05) is 0 Å². The molecule has 92 valence electrons. The number of esters is 1. The van der Waals surface area contributed by atoms with Crippen molar-refractivity contribution in [1.82, 2.24) is 4.98 Å². The summed E-state index contributed by atoms with van der Waals surface area (Å²) in [5.74, 6) is -0.726. The van der Waals surface area contributed by atoms with Crippen LogP contribution in [0.3, 0.4) is 0 Å². The zero-order valence-corrected chi connectivity index (χ0v) is 9.84. The van der Waals surface area contributed by atoms with Gasteiger partial charge in [0.1, 0.15) is 0 Å². The van der Waals surface area contributed by atoms with E-state index in [4.69, 9.17) is 4.74 Å². The summed E-state index contributed by atoms with van der Waals surface area (Å²) in [5.41, 5.74) is 1.56. The van der Waals surface area contributed by atoms with E-state index in [1.165, 1.54) is 18.5 Å². The highest BCUT2D eigenvalue weighted by atomic mass is 19.1. The highest BCUT2D eigenvalue weighted by Crippen LogP contribution is 2.20. The molecule has 0 amide bonds. The van der Waals surface area contributed by atoms with Crippen molar-refractivity contribution in [2.24, 2.45) is 0 Å². The van der Waals surface area contributed by atoms with Crippen LogP contribution in [-0.4, -0.2) is 11.0 Å². The lowest BCUT2D eigenvalue weighted by molar-refractivity contribution is -0.0164. The molecule has 0 bridgehead atoms. The molecule has 3 nitrogen and oxygen atoms in total. The highest BCUT2D eigenvalue weighted by molar-refractivity contribution is 5.89. The number of nitrogens with zero attached hydrogens (tertiary/aromatic N) is 1. The van der Waals surface area contributed by atoms with Crippen molar-refractivity contribution in [1.29, 1.82) is 0 Å². The Morgan fingerprint density at radius 1 is 1.28 bits per heavy atom. The molecule has 1 unspecified atom stereocenters. The molecule has 2 rings (SSSR count). The normalized spacial score (nSPS) is 11.9. The van der Waals surface area contributed by atoms with Crippen molar-refractivity contribution in [3.05, 3.63) is 65.5 Å². The number of aromatic nitrogens is 1. The first kappa shape index (κ1) is 12.2. The van der Waals surface area contributed by atoms with Gasteiger partial charge in [-0.05, 0) is 19.1 Å². The van der Waals surface area contributed by atoms with E-state index < -0.39 is 12.3 Å². The van der Waals surface area contributed by atoms with E-state index in [1.54, 1.807) is 30.3 Å². The fourth-order valence-corrected chi connectivity index (χ4v) is 1.43. The number of benzene rings is 1. The molecule has 1 aromatic heterocycles. The van der Waals surface area contributed by atoms with Gasteiger partial charge < -0.3 is 4.74 Å². The number of pyridine rings is 1. The molecule has 1 heterocycles. The van der Waals surface area contributed by atoms with Crippen molar-refractivity contribution in [2.45, 2.75) is 13.3 Å². The average molecular weight is 245 g/mol. The quantitative estimate of drug-likeness (QED) is 0.779. The fraction of sp³-hybridized carbons (Fsp3) is 0.143. The van der Waals surface area contributed by atoms with Crippen LogP contribution in [-0.2, 0) is 4.74 Å². The summed E-state index contributed by atoms with van der Waals surface area (Å²) in [6.45, 7) is 1.90. The summed E-state index contributed by atoms with van der Waals surface area (Å²) in [5, 5.41) is 0. The minimum absolute atomic E-state index is 0.229. The summed E-state index contributed by atoms with van der Waals surface area (Å²) in [4.78, 5) is 15.4. The van der Waals surface area contributed by atoms with Gasteiger partial charge in [-0.25, -0.2) is 4.79 Å². The first-order valence-corrected chi connectivity index (χ1v) is 5.48. The SMILES string of the molecule is Cc1ccc(C(F)OC(=O)c2cccnc2)cc1. The highest BCUT2D eigenvalue weighted by Gasteiger charge is 2.16. The maximum atomic E-state index is 13.7. The second-order valence-corrected chi connectivity index (χ2v) is 3.87. The Bertz CT molecular complexity index is 525. The van der Waals surface area contributed by atoms with Gasteiger partial charge in [0.15, 0.2) is 0 Å². The summed E-state index contributed by atoms with van der Waals surface area (Å²) in [6, 6.07) is 9.83. The summed E-state index contributed by atoms with van der Waals surface area (Å²) in [7, 11) is 0. The van der Waals surface area contributed by atoms with Gasteiger partial charge in [0.05, 0.1) is 5.56 Å². The molecule has 2 aromatic rings. The standard InChI is InChI=1S/C14H12FNO2/c1-10-4-6-11(7-5-10)13(15)18-14(17)12-3-2-8-16-9-12/h2-9,13H,1H3. The van der Waals surface area contributed by atoms with Crippen LogP contribution in [0.4, 0.5) is 4.39 Å². The topological polar surface area (TPSA) is 39.2 Å². The van der Waals surface area contributed by atoms with Crippen molar-refractivity contribution < 1.29 is 13.9 Å². The van der Waals surface area contributed by atoms with Gasteiger partial charge in [-0.15, -0.1) is 0 Å². The van der Waals surface area contributed by atoms with Gasteiger partial charge in [0.2, 0.25) is 0 Å². The Labute approximate surface area is 104 Å². The monoisotopic (exact) mass is 245 g/mol. The summed E-state index contributed by atoms with van der Waals surface area (Å²) >= 11 is 0. The molecule has 0 spiro atoms. The zero-order valence-electron chi connectivity index (χ0n) is 9.84. The Morgan fingerprint density at radius 3 is 2.61 bits per heavy atom. The molecule has 0 fully saturated rings. The van der Waals surface area contributed by atoms with Crippen molar-refractivity contribution >= 4 is 5.97 Å². The molecular formula is C14H12FNO2. The van der Waals surface area contributed by atoms with Gasteiger partial charge in [0, 0.05) is 18.0 Å². The third-order valence-corrected chi connectivity index (χ3v) is 2.45. The lowest BCUT2D eigenvalue weighted by Gasteiger charge is -2.10. The van der Waals surface area contributed by atoms with Crippen molar-refractivity contribution in [3.63, 3.8) is 0 Å². The lowest BCUT2D eigenvalue weighted by atomic mass is 10.1. The van der Waals surface area contributed by atoms with Gasteiger partial charge >= 0.3 is 5.97 Å². The van der Waals surface area contributed by atoms with E-state index in [9.17, 15) is 9.18 Å². The Morgan fingerprint density at radius 2 is 2.00 bits per heavy atom. The number of hydrogen-bond acceptors (Lipinski definition) is 3. The number of hydrogen-bond donors (Lipinski definition) is 0. The molecule has 1 atom stereocenters. The van der Waals surface area contributed by atoms with Gasteiger partial charge in [-0.2, -0.15) is 4.39 Å². The molecule has 0 N–H and O–H groups in total. The van der Waals surface area contributed by atoms with Gasteiger partial charge in [0.25, 0.3) is 6.36 Å². The van der Waals surface area contributed by atoms with Gasteiger partial charge in [-0.1, -0.05) is 29.8 Å². The second kappa shape index (κ2) is 5.40. The fourth-order valence-electron chi connectivity index (χ4n) is 1.43. The van der Waals surface area contributed by atoms with Crippen LogP contribution in [0.25, 0.3) is 0 Å². The largest absolute Gasteiger partial charge is 0.423 e. The Balaban J connectivity index is 2.06. The van der Waals surface area contributed by atoms with E-state index in [0.717, 1.165) is 5.56 Å². The number of aryl methyl sites for hydroxylation is 1. The maximum Gasteiger partial charge on any atom is 0.342 e. The van der Waals surface area contributed by atoms with Crippen LogP contribution >= 0.6 is 0 Å². The smallest absolute Gasteiger partial charge is 0.342 e. The number of halogens is 1. The number of alkyl halides is 1. The third-order valence-electron chi connectivity index (χ3n) is 2.45. The first-order chi connectivity index (χ1) is 8.66. The molecule has 0 saturated heterocycles. The third kappa shape index (κ3) is 2.91. The Hall–Kier alpha value is -2.23. The van der Waals surface area contributed by atoms with Crippen LogP contribution in [0, 0.1) is 6.92 Å². The van der Waals surface area contributed by atoms with Crippen LogP contribution in [0.2, 0.25) is 0 Å². The molecule has 4 heteroatoms. The molecule has 0 aliphatic heterocycles. The number of rotatable bonds is 3. The van der Waals surface area contributed by atoms with E-state index in [2.05, 4.69) is 4.98 Å². The Kier molecular flexibility index (Phi) is 3.67. The first-order valence-electron chi connectivity index (χ1n) is 5.48. The zero-order chi connectivity index (χ0) is 13.0. The van der Waals surface area contributed by atoms with E-state index >= 15 is 0 Å². The van der Waals surface area contributed by atoms with Crippen LogP contribution in [0.5, 0.6) is 0 Å². The molecule has 0 aliphatic rings. The van der Waals surface area contributed by atoms with Crippen LogP contribution in [0.1, 0.15) is 27.8 Å². The maximum absolute atomic E-state index is 13.7. The number of carbonyl (C=O) groups is 1. The van der Waals surface area contributed by atoms with Crippen LogP contribution < -0.4 is 0 Å².